The molecule has 1 saturated heterocycles. The summed E-state index contributed by atoms with van der Waals surface area (Å²) in [7, 11) is 0. The van der Waals surface area contributed by atoms with Crippen molar-refractivity contribution in [2.24, 2.45) is 11.3 Å². The van der Waals surface area contributed by atoms with Crippen molar-refractivity contribution in [3.63, 3.8) is 0 Å². The highest BCUT2D eigenvalue weighted by molar-refractivity contribution is 5.13. The Morgan fingerprint density at radius 2 is 2.00 bits per heavy atom. The van der Waals surface area contributed by atoms with E-state index in [2.05, 4.69) is 11.4 Å². The van der Waals surface area contributed by atoms with Gasteiger partial charge < -0.3 is 10.4 Å². The predicted molar refractivity (Wildman–Crippen MR) is 67.3 cm³/mol. The van der Waals surface area contributed by atoms with Crippen molar-refractivity contribution in [1.82, 2.24) is 5.32 Å². The molecule has 2 atom stereocenters. The van der Waals surface area contributed by atoms with Gasteiger partial charge in [0.05, 0.1) is 17.1 Å². The topological polar surface area (TPSA) is 56.0 Å². The number of nitrogens with zero attached hydrogens (tertiary/aromatic N) is 1. The second-order valence-corrected chi connectivity index (χ2v) is 5.95. The smallest absolute Gasteiger partial charge is 0.0860 e. The molecule has 0 aromatic heterocycles. The van der Waals surface area contributed by atoms with Crippen LogP contribution in [0.3, 0.4) is 0 Å². The van der Waals surface area contributed by atoms with Crippen LogP contribution >= 0.6 is 0 Å². The van der Waals surface area contributed by atoms with E-state index in [1.165, 1.54) is 6.42 Å². The lowest BCUT2D eigenvalue weighted by atomic mass is 9.59. The Hall–Kier alpha value is -0.590. The van der Waals surface area contributed by atoms with Gasteiger partial charge in [0.2, 0.25) is 0 Å². The second-order valence-electron chi connectivity index (χ2n) is 5.95. The standard InChI is InChI=1S/C14H24N2O/c1-13(17,12-6-5-9-16-10-12)14(11-15)7-3-2-4-8-14/h12,16-17H,2-10H2,1H3. The molecule has 0 amide bonds. The summed E-state index contributed by atoms with van der Waals surface area (Å²) >= 11 is 0. The first-order valence-electron chi connectivity index (χ1n) is 6.97. The molecule has 96 valence electrons. The molecule has 0 spiro atoms. The molecule has 2 N–H and O–H groups in total. The van der Waals surface area contributed by atoms with Gasteiger partial charge in [-0.3, -0.25) is 0 Å². The van der Waals surface area contributed by atoms with Gasteiger partial charge in [-0.2, -0.15) is 5.26 Å². The molecule has 0 radical (unpaired) electrons. The van der Waals surface area contributed by atoms with Crippen LogP contribution in [0.25, 0.3) is 0 Å². The fourth-order valence-corrected chi connectivity index (χ4v) is 3.61. The van der Waals surface area contributed by atoms with E-state index in [1.807, 2.05) is 6.92 Å². The summed E-state index contributed by atoms with van der Waals surface area (Å²) in [4.78, 5) is 0. The van der Waals surface area contributed by atoms with Crippen LogP contribution in [-0.2, 0) is 0 Å². The maximum Gasteiger partial charge on any atom is 0.0860 e. The van der Waals surface area contributed by atoms with Crippen molar-refractivity contribution >= 4 is 0 Å². The summed E-state index contributed by atoms with van der Waals surface area (Å²) in [6, 6.07) is 2.48. The third-order valence-electron chi connectivity index (χ3n) is 4.98. The molecule has 2 aliphatic rings. The molecule has 0 aromatic carbocycles. The quantitative estimate of drug-likeness (QED) is 0.773. The van der Waals surface area contributed by atoms with Gasteiger partial charge in [0.1, 0.15) is 0 Å². The lowest BCUT2D eigenvalue weighted by molar-refractivity contribution is -0.106. The number of nitrogens with one attached hydrogen (secondary N) is 1. The molecule has 1 aliphatic heterocycles. The first-order valence-corrected chi connectivity index (χ1v) is 6.97. The molecule has 1 aliphatic carbocycles. The van der Waals surface area contributed by atoms with Crippen molar-refractivity contribution in [3.8, 4) is 6.07 Å². The Balaban J connectivity index is 2.18. The van der Waals surface area contributed by atoms with Gasteiger partial charge in [-0.05, 0) is 39.2 Å². The molecule has 0 aromatic rings. The van der Waals surface area contributed by atoms with E-state index < -0.39 is 11.0 Å². The number of aliphatic hydroxyl groups is 1. The normalized spacial score (nSPS) is 32.4. The molecule has 2 unspecified atom stereocenters. The van der Waals surface area contributed by atoms with Crippen molar-refractivity contribution in [1.29, 1.82) is 5.26 Å². The van der Waals surface area contributed by atoms with E-state index in [4.69, 9.17) is 0 Å². The highest BCUT2D eigenvalue weighted by Gasteiger charge is 2.52. The van der Waals surface area contributed by atoms with E-state index in [0.717, 1.165) is 51.6 Å². The van der Waals surface area contributed by atoms with Gasteiger partial charge in [-0.1, -0.05) is 19.3 Å². The van der Waals surface area contributed by atoms with Crippen LogP contribution in [0.4, 0.5) is 0 Å². The minimum absolute atomic E-state index is 0.231. The predicted octanol–water partition coefficient (Wildman–Crippen LogP) is 2.21. The van der Waals surface area contributed by atoms with E-state index in [9.17, 15) is 10.4 Å². The first kappa shape index (κ1) is 12.9. The molecule has 1 heterocycles. The van der Waals surface area contributed by atoms with Crippen LogP contribution in [0.5, 0.6) is 0 Å². The number of hydrogen-bond donors (Lipinski definition) is 2. The fraction of sp³-hybridized carbons (Fsp3) is 0.929. The fourth-order valence-electron chi connectivity index (χ4n) is 3.61. The van der Waals surface area contributed by atoms with Crippen molar-refractivity contribution in [2.75, 3.05) is 13.1 Å². The monoisotopic (exact) mass is 236 g/mol. The molecular weight excluding hydrogens is 212 g/mol. The molecule has 17 heavy (non-hydrogen) atoms. The molecule has 2 rings (SSSR count). The molecular formula is C14H24N2O. The Morgan fingerprint density at radius 1 is 1.29 bits per heavy atom. The van der Waals surface area contributed by atoms with E-state index in [-0.39, 0.29) is 5.92 Å². The van der Waals surface area contributed by atoms with Crippen LogP contribution in [0, 0.1) is 22.7 Å². The van der Waals surface area contributed by atoms with Crippen LogP contribution < -0.4 is 5.32 Å². The third-order valence-corrected chi connectivity index (χ3v) is 4.98. The lowest BCUT2D eigenvalue weighted by Crippen LogP contribution is -2.55. The zero-order valence-electron chi connectivity index (χ0n) is 10.8. The number of hydrogen-bond acceptors (Lipinski definition) is 3. The average Bonchev–Trinajstić information content (AvgIpc) is 2.40. The van der Waals surface area contributed by atoms with Gasteiger partial charge >= 0.3 is 0 Å². The second kappa shape index (κ2) is 4.96. The molecule has 3 nitrogen and oxygen atoms in total. The van der Waals surface area contributed by atoms with E-state index >= 15 is 0 Å². The maximum absolute atomic E-state index is 11.0. The summed E-state index contributed by atoms with van der Waals surface area (Å²) in [5.74, 6) is 0.231. The number of nitriles is 1. The number of piperidine rings is 1. The minimum Gasteiger partial charge on any atom is -0.388 e. The molecule has 1 saturated carbocycles. The highest BCUT2D eigenvalue weighted by Crippen LogP contribution is 2.48. The summed E-state index contributed by atoms with van der Waals surface area (Å²) in [6.45, 7) is 3.81. The number of rotatable bonds is 2. The minimum atomic E-state index is -0.838. The molecule has 2 fully saturated rings. The summed E-state index contributed by atoms with van der Waals surface area (Å²) in [5, 5.41) is 23.9. The first-order chi connectivity index (χ1) is 8.12. The zero-order chi connectivity index (χ0) is 12.4. The van der Waals surface area contributed by atoms with Crippen LogP contribution in [0.1, 0.15) is 51.9 Å². The molecule has 0 bridgehead atoms. The lowest BCUT2D eigenvalue weighted by Gasteiger charge is -2.48. The van der Waals surface area contributed by atoms with Crippen LogP contribution in [-0.4, -0.2) is 23.8 Å². The van der Waals surface area contributed by atoms with Gasteiger partial charge in [0, 0.05) is 12.5 Å². The molecule has 3 heteroatoms. The van der Waals surface area contributed by atoms with Gasteiger partial charge in [0.15, 0.2) is 0 Å². The summed E-state index contributed by atoms with van der Waals surface area (Å²) < 4.78 is 0. The SMILES string of the molecule is CC(O)(C1CCCNC1)C1(C#N)CCCCC1. The summed E-state index contributed by atoms with van der Waals surface area (Å²) in [6.07, 6.45) is 7.28. The Labute approximate surface area is 104 Å². The Bertz CT molecular complexity index is 294. The third kappa shape index (κ3) is 2.21. The largest absolute Gasteiger partial charge is 0.388 e. The van der Waals surface area contributed by atoms with Gasteiger partial charge in [0.25, 0.3) is 0 Å². The van der Waals surface area contributed by atoms with Gasteiger partial charge in [-0.15, -0.1) is 0 Å². The maximum atomic E-state index is 11.0. The average molecular weight is 236 g/mol. The van der Waals surface area contributed by atoms with Gasteiger partial charge in [-0.25, -0.2) is 0 Å². The van der Waals surface area contributed by atoms with Crippen molar-refractivity contribution < 1.29 is 5.11 Å². The van der Waals surface area contributed by atoms with Crippen molar-refractivity contribution in [3.05, 3.63) is 0 Å². The van der Waals surface area contributed by atoms with E-state index in [0.29, 0.717) is 0 Å². The van der Waals surface area contributed by atoms with Crippen molar-refractivity contribution in [2.45, 2.75) is 57.5 Å². The summed E-state index contributed by atoms with van der Waals surface area (Å²) in [5.41, 5.74) is -1.34. The Morgan fingerprint density at radius 3 is 2.53 bits per heavy atom. The Kier molecular flexibility index (Phi) is 3.75. The van der Waals surface area contributed by atoms with Crippen LogP contribution in [0.2, 0.25) is 0 Å². The van der Waals surface area contributed by atoms with Crippen LogP contribution in [0.15, 0.2) is 0 Å². The highest BCUT2D eigenvalue weighted by atomic mass is 16.3. The zero-order valence-corrected chi connectivity index (χ0v) is 10.8. The van der Waals surface area contributed by atoms with E-state index in [1.54, 1.807) is 0 Å².